The third kappa shape index (κ3) is 5.13. The highest BCUT2D eigenvalue weighted by atomic mass is 28.4. The molecule has 10 heteroatoms. The summed E-state index contributed by atoms with van der Waals surface area (Å²) in [4.78, 5) is 40.7. The summed E-state index contributed by atoms with van der Waals surface area (Å²) in [5.74, 6) is -1.69. The molecular weight excluding hydrogens is 456 g/mol. The van der Waals surface area contributed by atoms with Crippen molar-refractivity contribution in [3.8, 4) is 0 Å². The predicted molar refractivity (Wildman–Crippen MR) is 129 cm³/mol. The maximum Gasteiger partial charge on any atom is 0.410 e. The first-order chi connectivity index (χ1) is 15.9. The molecule has 5 atom stereocenters. The molecule has 3 rings (SSSR count). The molecule has 2 saturated heterocycles. The van der Waals surface area contributed by atoms with E-state index in [0.717, 1.165) is 5.57 Å². The van der Waals surface area contributed by atoms with E-state index in [0.29, 0.717) is 25.0 Å². The van der Waals surface area contributed by atoms with Gasteiger partial charge in [-0.15, -0.1) is 0 Å². The minimum atomic E-state index is -1.86. The Hall–Kier alpha value is -2.43. The lowest BCUT2D eigenvalue weighted by Gasteiger charge is -2.47. The van der Waals surface area contributed by atoms with Gasteiger partial charge >= 0.3 is 12.1 Å². The van der Waals surface area contributed by atoms with Gasteiger partial charge in [-0.3, -0.25) is 9.69 Å². The Balaban J connectivity index is 1.85. The van der Waals surface area contributed by atoms with Gasteiger partial charge in [0.15, 0.2) is 8.32 Å². The zero-order valence-corrected chi connectivity index (χ0v) is 21.9. The molecule has 0 spiro atoms. The van der Waals surface area contributed by atoms with Crippen molar-refractivity contribution in [2.45, 2.75) is 70.6 Å². The van der Waals surface area contributed by atoms with Gasteiger partial charge in [0.25, 0.3) is 0 Å². The Morgan fingerprint density at radius 2 is 2.00 bits per heavy atom. The van der Waals surface area contributed by atoms with E-state index >= 15 is 0 Å². The average Bonchev–Trinajstić information content (AvgIpc) is 3.29. The number of methoxy groups -OCH3 is 1. The lowest BCUT2D eigenvalue weighted by atomic mass is 9.82. The van der Waals surface area contributed by atoms with Gasteiger partial charge in [-0.1, -0.05) is 18.7 Å². The Kier molecular flexibility index (Phi) is 7.74. The van der Waals surface area contributed by atoms with Crippen molar-refractivity contribution in [3.63, 3.8) is 0 Å². The van der Waals surface area contributed by atoms with Crippen LogP contribution in [0.4, 0.5) is 4.79 Å². The van der Waals surface area contributed by atoms with Crippen molar-refractivity contribution in [3.05, 3.63) is 35.6 Å². The maximum absolute atomic E-state index is 13.0. The van der Waals surface area contributed by atoms with Crippen molar-refractivity contribution in [1.82, 2.24) is 9.80 Å². The fourth-order valence-corrected chi connectivity index (χ4v) is 6.47. The normalized spacial score (nSPS) is 28.1. The van der Waals surface area contributed by atoms with E-state index < -0.39 is 20.4 Å². The first-order valence-electron chi connectivity index (χ1n) is 11.6. The topological polar surface area (TPSA) is 106 Å². The van der Waals surface area contributed by atoms with Gasteiger partial charge in [-0.25, -0.2) is 9.59 Å². The number of hydrogen-bond donors (Lipinski definition) is 1. The fraction of sp³-hybridized carbons (Fsp3) is 0.625. The molecule has 0 aromatic heterocycles. The molecule has 2 amide bonds. The summed E-state index contributed by atoms with van der Waals surface area (Å²) >= 11 is 0. The van der Waals surface area contributed by atoms with Gasteiger partial charge in [0, 0.05) is 7.11 Å². The minimum Gasteiger partial charge on any atom is -0.477 e. The summed E-state index contributed by atoms with van der Waals surface area (Å²) in [6.07, 6.45) is 3.52. The molecule has 0 radical (unpaired) electrons. The number of nitrogens with zero attached hydrogens (tertiary/aromatic N) is 2. The lowest BCUT2D eigenvalue weighted by molar-refractivity contribution is -0.160. The number of hydrogen-bond acceptors (Lipinski definition) is 6. The largest absolute Gasteiger partial charge is 0.477 e. The van der Waals surface area contributed by atoms with Crippen LogP contribution in [0.2, 0.25) is 19.6 Å². The summed E-state index contributed by atoms with van der Waals surface area (Å²) in [7, 11) is -0.263. The summed E-state index contributed by atoms with van der Waals surface area (Å²) in [5, 5.41) is 9.94. The van der Waals surface area contributed by atoms with E-state index in [4.69, 9.17) is 13.9 Å². The Bertz CT molecular complexity index is 923. The molecule has 0 aliphatic carbocycles. The number of β-lactam (4-membered cyclic amide) rings is 1. The monoisotopic (exact) mass is 492 g/mol. The highest BCUT2D eigenvalue weighted by Gasteiger charge is 2.57. The van der Waals surface area contributed by atoms with Gasteiger partial charge < -0.3 is 23.9 Å². The molecule has 0 unspecified atom stereocenters. The number of rotatable bonds is 9. The average molecular weight is 493 g/mol. The van der Waals surface area contributed by atoms with E-state index in [-0.39, 0.29) is 48.4 Å². The summed E-state index contributed by atoms with van der Waals surface area (Å²) in [6.45, 7) is 14.0. The number of fused-ring (bicyclic) bond motifs is 1. The van der Waals surface area contributed by atoms with Crippen LogP contribution in [0.3, 0.4) is 0 Å². The molecule has 3 heterocycles. The highest BCUT2D eigenvalue weighted by Crippen LogP contribution is 2.46. The number of carbonyl (C=O) groups excluding carboxylic acids is 2. The van der Waals surface area contributed by atoms with Gasteiger partial charge in [-0.2, -0.15) is 0 Å². The zero-order chi connectivity index (χ0) is 25.4. The first-order valence-corrected chi connectivity index (χ1v) is 15.0. The van der Waals surface area contributed by atoms with Crippen molar-refractivity contribution in [1.29, 1.82) is 0 Å². The van der Waals surface area contributed by atoms with Gasteiger partial charge in [0.1, 0.15) is 12.3 Å². The number of ether oxygens (including phenoxy) is 2. The SMILES string of the molecule is C=CCOC(=O)N1C[C@@H](OC)C[C@H]1C=C(C)C1=C(C(=O)O)N2C(=O)[C@H]([C@@H](C)O[Si](C)(C)C)[C@H]2C1. The second-order valence-electron chi connectivity index (χ2n) is 10.1. The minimum absolute atomic E-state index is 0.0299. The second-order valence-corrected chi connectivity index (χ2v) is 14.6. The molecule has 0 bridgehead atoms. The van der Waals surface area contributed by atoms with Crippen LogP contribution < -0.4 is 0 Å². The third-order valence-corrected chi connectivity index (χ3v) is 7.65. The summed E-state index contributed by atoms with van der Waals surface area (Å²) < 4.78 is 16.8. The quantitative estimate of drug-likeness (QED) is 0.299. The smallest absolute Gasteiger partial charge is 0.410 e. The predicted octanol–water partition coefficient (Wildman–Crippen LogP) is 3.15. The highest BCUT2D eigenvalue weighted by molar-refractivity contribution is 6.69. The Labute approximate surface area is 202 Å². The van der Waals surface area contributed by atoms with E-state index in [1.807, 2.05) is 19.9 Å². The Morgan fingerprint density at radius 3 is 2.56 bits per heavy atom. The molecule has 0 aromatic carbocycles. The standard InChI is InChI=1S/C24H36N2O7Si/c1-8-9-32-24(30)25-13-17(31-4)11-16(25)10-14(2)18-12-19-20(15(3)33-34(5,6)7)22(27)26(19)21(18)23(28)29/h8,10,15-17,19-20H,1,9,11-13H2,2-7H3,(H,28,29)/t15-,16-,17+,19-,20-/m1/s1. The number of carboxylic acids is 1. The van der Waals surface area contributed by atoms with Crippen LogP contribution in [0, 0.1) is 5.92 Å². The number of carboxylic acid groups (broad SMARTS) is 1. The van der Waals surface area contributed by atoms with Crippen molar-refractivity contribution in [2.24, 2.45) is 5.92 Å². The molecule has 3 aliphatic heterocycles. The molecule has 9 nitrogen and oxygen atoms in total. The molecule has 1 N–H and O–H groups in total. The maximum atomic E-state index is 13.0. The summed E-state index contributed by atoms with van der Waals surface area (Å²) in [6, 6.07) is -0.536. The number of carbonyl (C=O) groups is 3. The summed E-state index contributed by atoms with van der Waals surface area (Å²) in [5.41, 5.74) is 1.39. The Morgan fingerprint density at radius 1 is 1.32 bits per heavy atom. The van der Waals surface area contributed by atoms with Crippen molar-refractivity contribution >= 4 is 26.3 Å². The number of aliphatic carboxylic acids is 1. The number of amides is 2. The van der Waals surface area contributed by atoms with Crippen molar-refractivity contribution in [2.75, 3.05) is 20.3 Å². The molecule has 0 aromatic rings. The van der Waals surface area contributed by atoms with E-state index in [1.54, 1.807) is 12.0 Å². The molecule has 0 saturated carbocycles. The van der Waals surface area contributed by atoms with Crippen LogP contribution in [-0.4, -0.2) is 85.7 Å². The lowest BCUT2D eigenvalue weighted by Crippen LogP contribution is -2.63. The third-order valence-electron chi connectivity index (χ3n) is 6.57. The van der Waals surface area contributed by atoms with Crippen molar-refractivity contribution < 1.29 is 33.4 Å². The van der Waals surface area contributed by atoms with Crippen LogP contribution in [0.1, 0.15) is 26.7 Å². The first kappa shape index (κ1) is 26.2. The van der Waals surface area contributed by atoms with E-state index in [9.17, 15) is 19.5 Å². The van der Waals surface area contributed by atoms with Crippen LogP contribution in [0.15, 0.2) is 35.6 Å². The van der Waals surface area contributed by atoms with Gasteiger partial charge in [-0.05, 0) is 57.5 Å². The van der Waals surface area contributed by atoms with Crippen LogP contribution in [0.5, 0.6) is 0 Å². The zero-order valence-electron chi connectivity index (χ0n) is 20.9. The van der Waals surface area contributed by atoms with Gasteiger partial charge in [0.2, 0.25) is 5.91 Å². The molecule has 34 heavy (non-hydrogen) atoms. The second kappa shape index (κ2) is 10.0. The fourth-order valence-electron chi connectivity index (χ4n) is 5.20. The van der Waals surface area contributed by atoms with Crippen LogP contribution in [-0.2, 0) is 23.5 Å². The number of likely N-dealkylation sites (tertiary alicyclic amines) is 1. The molecular formula is C24H36N2O7Si. The number of allylic oxidation sites excluding steroid dienone is 1. The van der Waals surface area contributed by atoms with Crippen LogP contribution >= 0.6 is 0 Å². The van der Waals surface area contributed by atoms with Crippen LogP contribution in [0.25, 0.3) is 0 Å². The molecule has 3 aliphatic rings. The van der Waals surface area contributed by atoms with E-state index in [2.05, 4.69) is 26.2 Å². The molecule has 2 fully saturated rings. The molecule has 188 valence electrons. The van der Waals surface area contributed by atoms with Gasteiger partial charge in [0.05, 0.1) is 36.8 Å². The van der Waals surface area contributed by atoms with E-state index in [1.165, 1.54) is 11.0 Å².